The van der Waals surface area contributed by atoms with Crippen LogP contribution in [0.2, 0.25) is 0 Å². The molecular formula is C50H45F4NO3. The average molecular weight is 784 g/mol. The number of hydrogen-bond donors (Lipinski definition) is 0. The van der Waals surface area contributed by atoms with Crippen molar-refractivity contribution in [3.05, 3.63) is 154 Å². The molecule has 8 heteroatoms. The highest BCUT2D eigenvalue weighted by Gasteiger charge is 2.48. The highest BCUT2D eigenvalue weighted by molar-refractivity contribution is 6.09. The van der Waals surface area contributed by atoms with Gasteiger partial charge in [0.15, 0.2) is 5.60 Å². The quantitative estimate of drug-likeness (QED) is 0.137. The van der Waals surface area contributed by atoms with E-state index in [4.69, 9.17) is 14.2 Å². The number of methoxy groups -OCH3 is 1. The van der Waals surface area contributed by atoms with Gasteiger partial charge in [0.1, 0.15) is 17.3 Å². The first kappa shape index (κ1) is 37.9. The molecule has 1 saturated heterocycles. The Labute approximate surface area is 336 Å². The molecule has 9 rings (SSSR count). The predicted molar refractivity (Wildman–Crippen MR) is 223 cm³/mol. The number of nitrogens with zero attached hydrogens (tertiary/aromatic N) is 1. The first-order valence-electron chi connectivity index (χ1n) is 20.2. The molecular weight excluding hydrogens is 739 g/mol. The summed E-state index contributed by atoms with van der Waals surface area (Å²) in [6, 6.07) is 33.0. The maximum atomic E-state index is 14.5. The molecule has 6 aromatic rings. The van der Waals surface area contributed by atoms with Crippen molar-refractivity contribution in [2.24, 2.45) is 0 Å². The van der Waals surface area contributed by atoms with E-state index in [1.807, 2.05) is 12.1 Å². The van der Waals surface area contributed by atoms with E-state index in [-0.39, 0.29) is 5.82 Å². The summed E-state index contributed by atoms with van der Waals surface area (Å²) in [5, 5.41) is 1.92. The summed E-state index contributed by atoms with van der Waals surface area (Å²) in [4.78, 5) is 2.32. The van der Waals surface area contributed by atoms with Crippen LogP contribution in [0.5, 0.6) is 11.5 Å². The van der Waals surface area contributed by atoms with Gasteiger partial charge < -0.3 is 19.1 Å². The van der Waals surface area contributed by atoms with E-state index < -0.39 is 22.8 Å². The van der Waals surface area contributed by atoms with Gasteiger partial charge in [-0.25, -0.2) is 4.39 Å². The van der Waals surface area contributed by atoms with Crippen LogP contribution < -0.4 is 14.4 Å². The monoisotopic (exact) mass is 783 g/mol. The largest absolute Gasteiger partial charge is 0.497 e. The predicted octanol–water partition coefficient (Wildman–Crippen LogP) is 12.7. The summed E-state index contributed by atoms with van der Waals surface area (Å²) in [5.41, 5.74) is 7.86. The number of rotatable bonds is 9. The van der Waals surface area contributed by atoms with E-state index in [1.54, 1.807) is 31.4 Å². The lowest BCUT2D eigenvalue weighted by molar-refractivity contribution is -0.137. The van der Waals surface area contributed by atoms with E-state index in [0.29, 0.717) is 13.2 Å². The summed E-state index contributed by atoms with van der Waals surface area (Å²) < 4.78 is 74.1. The lowest BCUT2D eigenvalue weighted by Crippen LogP contribution is -2.37. The minimum absolute atomic E-state index is 0.325. The molecule has 1 atom stereocenters. The highest BCUT2D eigenvalue weighted by Crippen LogP contribution is 2.61. The molecule has 0 saturated carbocycles. The SMILES string of the molecule is CCCC1(CCC)c2cc(-c3ccc(C(F)(F)F)cc3)ccc2-c2c1c1c(c3ccc(OC)cc23)OC(c2ccc(F)cc2)(c2ccc(N3CCOCC3)cc2)C=C1. The normalized spacial score (nSPS) is 18.1. The van der Waals surface area contributed by atoms with Crippen molar-refractivity contribution in [2.45, 2.75) is 56.7 Å². The minimum atomic E-state index is -4.41. The van der Waals surface area contributed by atoms with Gasteiger partial charge in [-0.05, 0) is 118 Å². The molecule has 2 aliphatic heterocycles. The maximum absolute atomic E-state index is 14.5. The summed E-state index contributed by atoms with van der Waals surface area (Å²) in [7, 11) is 1.67. The van der Waals surface area contributed by atoms with Gasteiger partial charge in [0.05, 0.1) is 25.9 Å². The zero-order valence-electron chi connectivity index (χ0n) is 32.9. The second-order valence-electron chi connectivity index (χ2n) is 15.6. The fourth-order valence-corrected chi connectivity index (χ4v) is 9.76. The third-order valence-electron chi connectivity index (χ3n) is 12.4. The molecule has 2 heterocycles. The van der Waals surface area contributed by atoms with Gasteiger partial charge >= 0.3 is 6.18 Å². The summed E-state index contributed by atoms with van der Waals surface area (Å²) in [6.07, 6.45) is 3.47. The smallest absolute Gasteiger partial charge is 0.416 e. The number of benzene rings is 6. The molecule has 0 spiro atoms. The van der Waals surface area contributed by atoms with E-state index in [2.05, 4.69) is 79.4 Å². The number of fused-ring (bicyclic) bond motifs is 8. The van der Waals surface area contributed by atoms with Crippen LogP contribution in [-0.4, -0.2) is 33.4 Å². The van der Waals surface area contributed by atoms with E-state index in [0.717, 1.165) is 118 Å². The van der Waals surface area contributed by atoms with Gasteiger partial charge in [-0.3, -0.25) is 0 Å². The van der Waals surface area contributed by atoms with Crippen LogP contribution in [0.1, 0.15) is 72.9 Å². The van der Waals surface area contributed by atoms with Crippen molar-refractivity contribution < 1.29 is 31.8 Å². The molecule has 0 N–H and O–H groups in total. The van der Waals surface area contributed by atoms with Crippen molar-refractivity contribution in [1.29, 1.82) is 0 Å². The molecule has 1 unspecified atom stereocenters. The Bertz CT molecular complexity index is 2510. The Morgan fingerprint density at radius 2 is 1.40 bits per heavy atom. The lowest BCUT2D eigenvalue weighted by Gasteiger charge is -2.40. The molecule has 0 bridgehead atoms. The zero-order chi connectivity index (χ0) is 40.2. The van der Waals surface area contributed by atoms with Gasteiger partial charge in [0, 0.05) is 46.3 Å². The first-order chi connectivity index (χ1) is 28.1. The fourth-order valence-electron chi connectivity index (χ4n) is 9.76. The van der Waals surface area contributed by atoms with E-state index >= 15 is 0 Å². The van der Waals surface area contributed by atoms with Crippen LogP contribution in [0, 0.1) is 5.82 Å². The average Bonchev–Trinajstić information content (AvgIpc) is 3.53. The molecule has 1 fully saturated rings. The number of hydrogen-bond acceptors (Lipinski definition) is 4. The Morgan fingerprint density at radius 3 is 2.03 bits per heavy atom. The Morgan fingerprint density at radius 1 is 0.741 bits per heavy atom. The molecule has 6 aromatic carbocycles. The van der Waals surface area contributed by atoms with Crippen LogP contribution in [0.25, 0.3) is 39.1 Å². The van der Waals surface area contributed by atoms with Gasteiger partial charge in [0.25, 0.3) is 0 Å². The Hall–Kier alpha value is -5.60. The van der Waals surface area contributed by atoms with Gasteiger partial charge in [-0.1, -0.05) is 81.3 Å². The summed E-state index contributed by atoms with van der Waals surface area (Å²) >= 11 is 0. The standard InChI is InChI=1S/C50H45F4NO3/c1-4-23-48(24-5-2)44-30-33(32-6-9-36(10-7-32)50(52,53)54)8-20-41(44)45-43-31-39(56-3)19-21-40(43)47-42(46(45)48)22-25-49(58-47,34-11-15-37(51)16-12-34)35-13-17-38(18-14-35)55-26-28-57-29-27-55/h6-22,25,30-31H,4-5,23-24,26-29H2,1-3H3. The molecule has 0 radical (unpaired) electrons. The topological polar surface area (TPSA) is 30.9 Å². The molecule has 3 aliphatic rings. The van der Waals surface area contributed by atoms with Crippen molar-refractivity contribution in [2.75, 3.05) is 38.3 Å². The van der Waals surface area contributed by atoms with Crippen LogP contribution in [0.15, 0.2) is 115 Å². The highest BCUT2D eigenvalue weighted by atomic mass is 19.4. The Kier molecular flexibility index (Phi) is 9.59. The number of halogens is 4. The van der Waals surface area contributed by atoms with Crippen molar-refractivity contribution in [1.82, 2.24) is 0 Å². The van der Waals surface area contributed by atoms with Crippen LogP contribution >= 0.6 is 0 Å². The maximum Gasteiger partial charge on any atom is 0.416 e. The molecule has 0 aromatic heterocycles. The number of ether oxygens (including phenoxy) is 3. The lowest BCUT2D eigenvalue weighted by atomic mass is 9.69. The second-order valence-corrected chi connectivity index (χ2v) is 15.6. The van der Waals surface area contributed by atoms with Gasteiger partial charge in [0.2, 0.25) is 0 Å². The molecule has 4 nitrogen and oxygen atoms in total. The van der Waals surface area contributed by atoms with E-state index in [9.17, 15) is 17.6 Å². The number of morpholine rings is 1. The van der Waals surface area contributed by atoms with Crippen LogP contribution in [0.3, 0.4) is 0 Å². The number of anilines is 1. The van der Waals surface area contributed by atoms with Crippen LogP contribution in [-0.2, 0) is 21.9 Å². The van der Waals surface area contributed by atoms with Crippen molar-refractivity contribution in [3.63, 3.8) is 0 Å². The summed E-state index contributed by atoms with van der Waals surface area (Å²) in [6.45, 7) is 7.42. The molecule has 0 amide bonds. The van der Waals surface area contributed by atoms with Crippen LogP contribution in [0.4, 0.5) is 23.2 Å². The van der Waals surface area contributed by atoms with Crippen molar-refractivity contribution >= 4 is 22.5 Å². The molecule has 1 aliphatic carbocycles. The minimum Gasteiger partial charge on any atom is -0.497 e. The molecule has 296 valence electrons. The second kappa shape index (κ2) is 14.7. The third kappa shape index (κ3) is 6.15. The zero-order valence-corrected chi connectivity index (χ0v) is 32.9. The van der Waals surface area contributed by atoms with Gasteiger partial charge in [-0.2, -0.15) is 13.2 Å². The molecule has 58 heavy (non-hydrogen) atoms. The fraction of sp³-hybridized carbons (Fsp3) is 0.280. The number of alkyl halides is 3. The Balaban J connectivity index is 1.27. The third-order valence-corrected chi connectivity index (χ3v) is 12.4. The van der Waals surface area contributed by atoms with E-state index in [1.165, 1.54) is 23.3 Å². The first-order valence-corrected chi connectivity index (χ1v) is 20.2. The van der Waals surface area contributed by atoms with Gasteiger partial charge in [-0.15, -0.1) is 0 Å². The van der Waals surface area contributed by atoms with Crippen molar-refractivity contribution in [3.8, 4) is 33.8 Å². The summed E-state index contributed by atoms with van der Waals surface area (Å²) in [5.74, 6) is 1.14.